The third-order valence-corrected chi connectivity index (χ3v) is 6.32. The van der Waals surface area contributed by atoms with Gasteiger partial charge in [-0.15, -0.1) is 11.3 Å². The van der Waals surface area contributed by atoms with Gasteiger partial charge in [0.25, 0.3) is 0 Å². The molecule has 1 saturated heterocycles. The zero-order valence-electron chi connectivity index (χ0n) is 17.4. The number of nitrogens with one attached hydrogen (secondary N) is 1. The third-order valence-electron chi connectivity index (χ3n) is 5.25. The van der Waals surface area contributed by atoms with Gasteiger partial charge in [-0.2, -0.15) is 0 Å². The van der Waals surface area contributed by atoms with Gasteiger partial charge in [0.2, 0.25) is 5.91 Å². The highest BCUT2D eigenvalue weighted by Gasteiger charge is 2.20. The maximum atomic E-state index is 12.5. The fourth-order valence-electron chi connectivity index (χ4n) is 3.59. The van der Waals surface area contributed by atoms with Crippen LogP contribution in [0.15, 0.2) is 53.9 Å². The van der Waals surface area contributed by atoms with E-state index in [0.29, 0.717) is 23.0 Å². The summed E-state index contributed by atoms with van der Waals surface area (Å²) in [6.07, 6.45) is 0. The number of amides is 1. The summed E-state index contributed by atoms with van der Waals surface area (Å²) in [7, 11) is 1.57. The SMILES string of the molecule is COc1ccc(Cl)cc1NC(=O)CN1CCN(Cc2nc(-c3ccccc3)cs2)CC1. The summed E-state index contributed by atoms with van der Waals surface area (Å²) >= 11 is 7.74. The zero-order chi connectivity index (χ0) is 21.6. The van der Waals surface area contributed by atoms with Gasteiger partial charge in [-0.3, -0.25) is 14.6 Å². The lowest BCUT2D eigenvalue weighted by molar-refractivity contribution is -0.117. The standard InChI is InChI=1S/C23H25ClN4O2S/c1-30-21-8-7-18(24)13-19(21)25-22(29)14-27-9-11-28(12-10-27)15-23-26-20(16-31-23)17-5-3-2-4-6-17/h2-8,13,16H,9-12,14-15H2,1H3,(H,25,29). The van der Waals surface area contributed by atoms with Crippen LogP contribution in [0.5, 0.6) is 5.75 Å². The molecular weight excluding hydrogens is 432 g/mol. The minimum atomic E-state index is -0.0681. The number of hydrogen-bond donors (Lipinski definition) is 1. The second-order valence-corrected chi connectivity index (χ2v) is 8.82. The molecule has 0 spiro atoms. The monoisotopic (exact) mass is 456 g/mol. The number of piperazine rings is 1. The summed E-state index contributed by atoms with van der Waals surface area (Å²) in [5, 5.41) is 6.71. The van der Waals surface area contributed by atoms with Gasteiger partial charge in [0.05, 0.1) is 31.6 Å². The van der Waals surface area contributed by atoms with Crippen molar-refractivity contribution in [2.75, 3.05) is 45.2 Å². The van der Waals surface area contributed by atoms with Crippen molar-refractivity contribution in [3.05, 3.63) is 63.9 Å². The topological polar surface area (TPSA) is 57.7 Å². The summed E-state index contributed by atoms with van der Waals surface area (Å²) in [5.74, 6) is 0.530. The normalized spacial score (nSPS) is 15.0. The highest BCUT2D eigenvalue weighted by atomic mass is 35.5. The van der Waals surface area contributed by atoms with Crippen LogP contribution in [0, 0.1) is 0 Å². The largest absolute Gasteiger partial charge is 0.495 e. The molecule has 8 heteroatoms. The number of methoxy groups -OCH3 is 1. The molecule has 2 aromatic carbocycles. The maximum Gasteiger partial charge on any atom is 0.238 e. The Morgan fingerprint density at radius 3 is 2.61 bits per heavy atom. The van der Waals surface area contributed by atoms with Gasteiger partial charge in [-0.1, -0.05) is 41.9 Å². The number of thiazole rings is 1. The van der Waals surface area contributed by atoms with Crippen molar-refractivity contribution in [3.63, 3.8) is 0 Å². The molecule has 4 rings (SSSR count). The van der Waals surface area contributed by atoms with Gasteiger partial charge >= 0.3 is 0 Å². The van der Waals surface area contributed by atoms with Crippen LogP contribution < -0.4 is 10.1 Å². The van der Waals surface area contributed by atoms with E-state index in [2.05, 4.69) is 32.6 Å². The molecule has 1 N–H and O–H groups in total. The number of nitrogens with zero attached hydrogens (tertiary/aromatic N) is 3. The molecule has 0 saturated carbocycles. The van der Waals surface area contributed by atoms with E-state index >= 15 is 0 Å². The molecule has 3 aromatic rings. The molecule has 6 nitrogen and oxygen atoms in total. The van der Waals surface area contributed by atoms with E-state index in [1.54, 1.807) is 36.6 Å². The average Bonchev–Trinajstić information content (AvgIpc) is 3.24. The van der Waals surface area contributed by atoms with Crippen molar-refractivity contribution in [1.29, 1.82) is 0 Å². The average molecular weight is 457 g/mol. The van der Waals surface area contributed by atoms with E-state index in [1.807, 2.05) is 18.2 Å². The van der Waals surface area contributed by atoms with Crippen molar-refractivity contribution in [2.45, 2.75) is 6.54 Å². The predicted molar refractivity (Wildman–Crippen MR) is 126 cm³/mol. The number of aromatic nitrogens is 1. The van der Waals surface area contributed by atoms with Gasteiger partial charge < -0.3 is 10.1 Å². The van der Waals surface area contributed by atoms with Crippen LogP contribution >= 0.6 is 22.9 Å². The van der Waals surface area contributed by atoms with Crippen LogP contribution in [-0.4, -0.2) is 60.5 Å². The summed E-state index contributed by atoms with van der Waals surface area (Å²) in [5.41, 5.74) is 2.78. The summed E-state index contributed by atoms with van der Waals surface area (Å²) in [4.78, 5) is 21.8. The number of hydrogen-bond acceptors (Lipinski definition) is 6. The highest BCUT2D eigenvalue weighted by Crippen LogP contribution is 2.27. The van der Waals surface area contributed by atoms with Crippen LogP contribution in [0.2, 0.25) is 5.02 Å². The van der Waals surface area contributed by atoms with E-state index in [-0.39, 0.29) is 5.91 Å². The lowest BCUT2D eigenvalue weighted by atomic mass is 10.2. The number of ether oxygens (including phenoxy) is 1. The molecule has 2 heterocycles. The van der Waals surface area contributed by atoms with Crippen LogP contribution in [0.1, 0.15) is 5.01 Å². The summed E-state index contributed by atoms with van der Waals surface area (Å²) in [6.45, 7) is 4.70. The van der Waals surface area contributed by atoms with Crippen molar-refractivity contribution in [2.24, 2.45) is 0 Å². The second-order valence-electron chi connectivity index (χ2n) is 7.44. The smallest absolute Gasteiger partial charge is 0.238 e. The first-order valence-corrected chi connectivity index (χ1v) is 11.4. The Balaban J connectivity index is 1.25. The van der Waals surface area contributed by atoms with Crippen LogP contribution in [0.3, 0.4) is 0 Å². The van der Waals surface area contributed by atoms with E-state index in [9.17, 15) is 4.79 Å². The first kappa shape index (κ1) is 21.8. The van der Waals surface area contributed by atoms with E-state index < -0.39 is 0 Å². The quantitative estimate of drug-likeness (QED) is 0.576. The first-order chi connectivity index (χ1) is 15.1. The van der Waals surface area contributed by atoms with Gasteiger partial charge in [0, 0.05) is 42.1 Å². The Labute approximate surface area is 191 Å². The second kappa shape index (κ2) is 10.2. The molecule has 0 aliphatic carbocycles. The molecule has 1 aliphatic rings. The van der Waals surface area contributed by atoms with Gasteiger partial charge in [0.15, 0.2) is 0 Å². The third kappa shape index (κ3) is 5.83. The van der Waals surface area contributed by atoms with Crippen LogP contribution in [0.4, 0.5) is 5.69 Å². The Morgan fingerprint density at radius 1 is 1.13 bits per heavy atom. The molecule has 1 amide bonds. The predicted octanol–water partition coefficient (Wildman–Crippen LogP) is 4.23. The Bertz CT molecular complexity index is 1020. The fourth-order valence-corrected chi connectivity index (χ4v) is 4.61. The molecule has 0 radical (unpaired) electrons. The molecule has 1 fully saturated rings. The minimum Gasteiger partial charge on any atom is -0.495 e. The molecule has 0 unspecified atom stereocenters. The van der Waals surface area contributed by atoms with E-state index in [0.717, 1.165) is 49.0 Å². The number of benzene rings is 2. The summed E-state index contributed by atoms with van der Waals surface area (Å²) < 4.78 is 5.29. The lowest BCUT2D eigenvalue weighted by Crippen LogP contribution is -2.48. The molecule has 31 heavy (non-hydrogen) atoms. The fraction of sp³-hybridized carbons (Fsp3) is 0.304. The van der Waals surface area contributed by atoms with Crippen molar-refractivity contribution >= 4 is 34.5 Å². The van der Waals surface area contributed by atoms with Crippen LogP contribution in [0.25, 0.3) is 11.3 Å². The Morgan fingerprint density at radius 2 is 1.87 bits per heavy atom. The molecule has 0 atom stereocenters. The Hall–Kier alpha value is -2.45. The molecule has 1 aromatic heterocycles. The molecule has 1 aliphatic heterocycles. The van der Waals surface area contributed by atoms with Crippen LogP contribution in [-0.2, 0) is 11.3 Å². The Kier molecular flexibility index (Phi) is 7.19. The molecular formula is C23H25ClN4O2S. The minimum absolute atomic E-state index is 0.0681. The number of carbonyl (C=O) groups excluding carboxylic acids is 1. The van der Waals surface area contributed by atoms with Crippen molar-refractivity contribution in [3.8, 4) is 17.0 Å². The van der Waals surface area contributed by atoms with Crippen molar-refractivity contribution in [1.82, 2.24) is 14.8 Å². The number of anilines is 1. The maximum absolute atomic E-state index is 12.5. The molecule has 162 valence electrons. The van der Waals surface area contributed by atoms with Gasteiger partial charge in [-0.25, -0.2) is 4.98 Å². The van der Waals surface area contributed by atoms with Gasteiger partial charge in [-0.05, 0) is 18.2 Å². The zero-order valence-corrected chi connectivity index (χ0v) is 19.0. The first-order valence-electron chi connectivity index (χ1n) is 10.2. The number of rotatable bonds is 7. The van der Waals surface area contributed by atoms with E-state index in [4.69, 9.17) is 21.3 Å². The highest BCUT2D eigenvalue weighted by molar-refractivity contribution is 7.09. The van der Waals surface area contributed by atoms with Crippen molar-refractivity contribution < 1.29 is 9.53 Å². The number of halogens is 1. The van der Waals surface area contributed by atoms with Gasteiger partial charge in [0.1, 0.15) is 10.8 Å². The lowest BCUT2D eigenvalue weighted by Gasteiger charge is -2.33. The molecule has 0 bridgehead atoms. The van der Waals surface area contributed by atoms with E-state index in [1.165, 1.54) is 0 Å². The summed E-state index contributed by atoms with van der Waals surface area (Å²) in [6, 6.07) is 15.4. The number of carbonyl (C=O) groups is 1.